The molecule has 0 aromatic heterocycles. The number of esters is 1. The first-order valence-electron chi connectivity index (χ1n) is 13.2. The van der Waals surface area contributed by atoms with Crippen LogP contribution >= 0.6 is 0 Å². The zero-order valence-corrected chi connectivity index (χ0v) is 23.6. The van der Waals surface area contributed by atoms with Crippen molar-refractivity contribution < 1.29 is 22.7 Å². The monoisotopic (exact) mass is 566 g/mol. The lowest BCUT2D eigenvalue weighted by atomic mass is 9.90. The summed E-state index contributed by atoms with van der Waals surface area (Å²) in [6, 6.07) is 30.8. The van der Waals surface area contributed by atoms with Gasteiger partial charge in [-0.1, -0.05) is 72.8 Å². The highest BCUT2D eigenvalue weighted by Crippen LogP contribution is 2.46. The molecule has 208 valence electrons. The minimum Gasteiger partial charge on any atom is -0.427 e. The van der Waals surface area contributed by atoms with Crippen LogP contribution in [0, 0.1) is 12.8 Å². The van der Waals surface area contributed by atoms with Gasteiger partial charge < -0.3 is 4.74 Å². The Balaban J connectivity index is 1.63. The molecule has 1 heterocycles. The van der Waals surface area contributed by atoms with Crippen molar-refractivity contribution in [3.8, 4) is 5.75 Å². The molecule has 5 rings (SSSR count). The number of ether oxygens (including phenoxy) is 1. The van der Waals surface area contributed by atoms with Crippen LogP contribution in [-0.2, 0) is 19.6 Å². The van der Waals surface area contributed by atoms with Crippen LogP contribution < -0.4 is 9.64 Å². The summed E-state index contributed by atoms with van der Waals surface area (Å²) in [5.41, 5.74) is 3.30. The molecule has 1 aliphatic rings. The third-order valence-electron chi connectivity index (χ3n) is 7.05. The fourth-order valence-electron chi connectivity index (χ4n) is 5.13. The van der Waals surface area contributed by atoms with Crippen LogP contribution in [0.2, 0.25) is 0 Å². The Labute approximate surface area is 240 Å². The van der Waals surface area contributed by atoms with Crippen molar-refractivity contribution in [1.29, 1.82) is 0 Å². The van der Waals surface area contributed by atoms with Gasteiger partial charge in [-0.25, -0.2) is 8.42 Å². The quantitative estimate of drug-likeness (QED) is 0.151. The maximum Gasteiger partial charge on any atom is 0.308 e. The zero-order chi connectivity index (χ0) is 29.1. The van der Waals surface area contributed by atoms with Gasteiger partial charge in [0.2, 0.25) is 15.9 Å². The van der Waals surface area contributed by atoms with Gasteiger partial charge in [-0.05, 0) is 66.6 Å². The molecule has 41 heavy (non-hydrogen) atoms. The van der Waals surface area contributed by atoms with Crippen molar-refractivity contribution in [2.75, 3.05) is 11.4 Å². The molecule has 0 spiro atoms. The number of hydrogen-bond donors (Lipinski definition) is 0. The summed E-state index contributed by atoms with van der Waals surface area (Å²) >= 11 is 0. The fraction of sp³-hybridized carbons (Fsp3) is 0.152. The second kappa shape index (κ2) is 11.5. The van der Waals surface area contributed by atoms with Crippen LogP contribution in [0.4, 0.5) is 11.4 Å². The molecule has 7 nitrogen and oxygen atoms in total. The molecule has 0 N–H and O–H groups in total. The maximum absolute atomic E-state index is 14.6. The normalized spacial score (nSPS) is 17.3. The Morgan fingerprint density at radius 1 is 0.829 bits per heavy atom. The summed E-state index contributed by atoms with van der Waals surface area (Å²) in [6.07, 6.45) is 0. The standard InChI is InChI=1S/C33H30N2O5S/c1-23-14-20-30(21-15-23)41(38,39)34-22-24(2)31(32(34)26-16-18-29(19-17-26)40-25(3)36)33(37)35(27-10-6-4-7-11-27)28-12-8-5-9-13-28/h4-21,31-32H,2,22H2,1,3H3/t31-,32+/m1/s1. The molecular formula is C33H30N2O5S. The number of carbonyl (C=O) groups is 2. The first kappa shape index (κ1) is 28.0. The van der Waals surface area contributed by atoms with Gasteiger partial charge in [0.15, 0.2) is 0 Å². The average Bonchev–Trinajstić information content (AvgIpc) is 3.32. The largest absolute Gasteiger partial charge is 0.427 e. The summed E-state index contributed by atoms with van der Waals surface area (Å²) in [5.74, 6) is -1.34. The van der Waals surface area contributed by atoms with Crippen molar-refractivity contribution in [2.45, 2.75) is 24.8 Å². The molecule has 1 amide bonds. The molecular weight excluding hydrogens is 536 g/mol. The first-order valence-corrected chi connectivity index (χ1v) is 14.6. The minimum absolute atomic E-state index is 0.0274. The first-order chi connectivity index (χ1) is 19.7. The van der Waals surface area contributed by atoms with Gasteiger partial charge in [0, 0.05) is 24.8 Å². The average molecular weight is 567 g/mol. The second-order valence-electron chi connectivity index (χ2n) is 9.95. The fourth-order valence-corrected chi connectivity index (χ4v) is 6.76. The number of aryl methyl sites for hydroxylation is 1. The Morgan fingerprint density at radius 3 is 1.88 bits per heavy atom. The third-order valence-corrected chi connectivity index (χ3v) is 8.89. The number of benzene rings is 4. The van der Waals surface area contributed by atoms with E-state index >= 15 is 0 Å². The van der Waals surface area contributed by atoms with Crippen molar-refractivity contribution in [1.82, 2.24) is 4.31 Å². The lowest BCUT2D eigenvalue weighted by Crippen LogP contribution is -2.38. The van der Waals surface area contributed by atoms with Gasteiger partial charge in [-0.15, -0.1) is 0 Å². The Morgan fingerprint density at radius 2 is 1.37 bits per heavy atom. The number of hydrogen-bond acceptors (Lipinski definition) is 5. The van der Waals surface area contributed by atoms with E-state index in [-0.39, 0.29) is 17.3 Å². The molecule has 1 saturated heterocycles. The van der Waals surface area contributed by atoms with Crippen LogP contribution in [0.25, 0.3) is 0 Å². The third kappa shape index (κ3) is 5.70. The molecule has 0 radical (unpaired) electrons. The minimum atomic E-state index is -4.02. The molecule has 1 fully saturated rings. The van der Waals surface area contributed by atoms with Gasteiger partial charge in [0.1, 0.15) is 5.75 Å². The van der Waals surface area contributed by atoms with Crippen LogP contribution in [0.15, 0.2) is 126 Å². The smallest absolute Gasteiger partial charge is 0.308 e. The van der Waals surface area contributed by atoms with Crippen molar-refractivity contribution in [2.24, 2.45) is 5.92 Å². The van der Waals surface area contributed by atoms with E-state index in [4.69, 9.17) is 4.74 Å². The molecule has 0 bridgehead atoms. The summed E-state index contributed by atoms with van der Waals surface area (Å²) < 4.78 is 34.6. The highest BCUT2D eigenvalue weighted by atomic mass is 32.2. The predicted octanol–water partition coefficient (Wildman–Crippen LogP) is 6.20. The number of sulfonamides is 1. The van der Waals surface area contributed by atoms with E-state index in [0.717, 1.165) is 5.56 Å². The number of amides is 1. The van der Waals surface area contributed by atoms with Gasteiger partial charge in [-0.3, -0.25) is 14.5 Å². The SMILES string of the molecule is C=C1CN(S(=O)(=O)c2ccc(C)cc2)[C@@H](c2ccc(OC(C)=O)cc2)[C@@H]1C(=O)N(c1ccccc1)c1ccccc1. The highest BCUT2D eigenvalue weighted by molar-refractivity contribution is 7.89. The van der Waals surface area contributed by atoms with E-state index in [9.17, 15) is 18.0 Å². The number of nitrogens with zero attached hydrogens (tertiary/aromatic N) is 2. The van der Waals surface area contributed by atoms with Crippen LogP contribution in [0.3, 0.4) is 0 Å². The van der Waals surface area contributed by atoms with E-state index in [2.05, 4.69) is 6.58 Å². The molecule has 1 aliphatic heterocycles. The second-order valence-corrected chi connectivity index (χ2v) is 11.8. The number of anilines is 2. The molecule has 0 aliphatic carbocycles. The Kier molecular flexibility index (Phi) is 7.88. The molecule has 4 aromatic rings. The summed E-state index contributed by atoms with van der Waals surface area (Å²) in [4.78, 5) is 27.8. The van der Waals surface area contributed by atoms with Gasteiger partial charge in [0.05, 0.1) is 16.9 Å². The van der Waals surface area contributed by atoms with Crippen LogP contribution in [0.1, 0.15) is 24.1 Å². The number of carbonyl (C=O) groups excluding carboxylic acids is 2. The molecule has 2 atom stereocenters. The lowest BCUT2D eigenvalue weighted by Gasteiger charge is -2.31. The van der Waals surface area contributed by atoms with Crippen molar-refractivity contribution in [3.05, 3.63) is 132 Å². The Hall–Kier alpha value is -4.53. The van der Waals surface area contributed by atoms with E-state index < -0.39 is 28.0 Å². The number of para-hydroxylation sites is 2. The van der Waals surface area contributed by atoms with E-state index in [1.807, 2.05) is 67.6 Å². The Bertz CT molecular complexity index is 1630. The zero-order valence-electron chi connectivity index (χ0n) is 22.8. The number of rotatable bonds is 7. The summed E-state index contributed by atoms with van der Waals surface area (Å²) in [5, 5.41) is 0. The summed E-state index contributed by atoms with van der Waals surface area (Å²) in [6.45, 7) is 7.37. The van der Waals surface area contributed by atoms with E-state index in [0.29, 0.717) is 28.3 Å². The molecule has 0 saturated carbocycles. The van der Waals surface area contributed by atoms with E-state index in [1.54, 1.807) is 53.4 Å². The van der Waals surface area contributed by atoms with Crippen LogP contribution in [0.5, 0.6) is 5.75 Å². The van der Waals surface area contributed by atoms with Gasteiger partial charge in [0.25, 0.3) is 0 Å². The molecule has 4 aromatic carbocycles. The topological polar surface area (TPSA) is 84.0 Å². The van der Waals surface area contributed by atoms with Crippen molar-refractivity contribution >= 4 is 33.3 Å². The highest BCUT2D eigenvalue weighted by Gasteiger charge is 2.49. The van der Waals surface area contributed by atoms with Gasteiger partial charge in [-0.2, -0.15) is 4.31 Å². The van der Waals surface area contributed by atoms with Gasteiger partial charge >= 0.3 is 5.97 Å². The molecule has 8 heteroatoms. The predicted molar refractivity (Wildman–Crippen MR) is 158 cm³/mol. The summed E-state index contributed by atoms with van der Waals surface area (Å²) in [7, 11) is -4.02. The van der Waals surface area contributed by atoms with Crippen molar-refractivity contribution in [3.63, 3.8) is 0 Å². The molecule has 0 unspecified atom stereocenters. The van der Waals surface area contributed by atoms with E-state index in [1.165, 1.54) is 11.2 Å². The lowest BCUT2D eigenvalue weighted by molar-refractivity contribution is -0.131. The maximum atomic E-state index is 14.6. The van der Waals surface area contributed by atoms with Crippen LogP contribution in [-0.4, -0.2) is 31.1 Å².